The van der Waals surface area contributed by atoms with Crippen molar-refractivity contribution in [2.45, 2.75) is 13.1 Å². The van der Waals surface area contributed by atoms with Crippen LogP contribution in [0.1, 0.15) is 31.8 Å². The molecule has 1 aromatic heterocycles. The summed E-state index contributed by atoms with van der Waals surface area (Å²) in [6.07, 6.45) is -3.60. The van der Waals surface area contributed by atoms with Gasteiger partial charge in [-0.15, -0.1) is 0 Å². The molecule has 6 nitrogen and oxygen atoms in total. The van der Waals surface area contributed by atoms with E-state index in [1.54, 1.807) is 25.1 Å². The molecule has 0 bridgehead atoms. The molecule has 0 atom stereocenters. The van der Waals surface area contributed by atoms with E-state index in [0.29, 0.717) is 22.8 Å². The average molecular weight is 481 g/mol. The zero-order chi connectivity index (χ0) is 24.3. The molecule has 3 rings (SSSR count). The Hall–Kier alpha value is -3.66. The van der Waals surface area contributed by atoms with Crippen molar-refractivity contribution in [1.29, 1.82) is 0 Å². The monoisotopic (exact) mass is 480 g/mol. The van der Waals surface area contributed by atoms with Gasteiger partial charge in [0.25, 0.3) is 11.8 Å². The van der Waals surface area contributed by atoms with E-state index in [1.807, 2.05) is 0 Å². The predicted molar refractivity (Wildman–Crippen MR) is 116 cm³/mol. The number of aryl methyl sites for hydroxylation is 1. The van der Waals surface area contributed by atoms with E-state index in [-0.39, 0.29) is 23.1 Å². The highest BCUT2D eigenvalue weighted by atomic mass is 35.5. The minimum atomic E-state index is -4.84. The number of pyridine rings is 1. The van der Waals surface area contributed by atoms with Crippen LogP contribution in [0.4, 0.5) is 34.8 Å². The Morgan fingerprint density at radius 1 is 1.00 bits per heavy atom. The topological polar surface area (TPSA) is 83.1 Å². The van der Waals surface area contributed by atoms with Gasteiger partial charge in [-0.05, 0) is 42.8 Å². The number of halogens is 5. The molecule has 2 amide bonds. The first kappa shape index (κ1) is 24.0. The van der Waals surface area contributed by atoms with E-state index in [0.717, 1.165) is 5.56 Å². The van der Waals surface area contributed by atoms with Gasteiger partial charge in [-0.2, -0.15) is 13.2 Å². The SMILES string of the molecule is CNC(=O)c1cnc(Nc2cccc(C)c2Cl)c(NC(=O)c2cc(F)cc(C(F)(F)F)c2)c1. The van der Waals surface area contributed by atoms with Crippen molar-refractivity contribution in [3.05, 3.63) is 81.8 Å². The third-order valence-electron chi connectivity index (χ3n) is 4.56. The van der Waals surface area contributed by atoms with Crippen LogP contribution in [0.3, 0.4) is 0 Å². The van der Waals surface area contributed by atoms with Crippen LogP contribution in [-0.4, -0.2) is 23.8 Å². The molecular weight excluding hydrogens is 464 g/mol. The lowest BCUT2D eigenvalue weighted by molar-refractivity contribution is -0.137. The molecule has 0 aliphatic carbocycles. The lowest BCUT2D eigenvalue weighted by Gasteiger charge is -2.15. The second-order valence-electron chi connectivity index (χ2n) is 6.94. The molecule has 3 N–H and O–H groups in total. The number of nitrogens with zero attached hydrogens (tertiary/aromatic N) is 1. The van der Waals surface area contributed by atoms with Crippen LogP contribution < -0.4 is 16.0 Å². The summed E-state index contributed by atoms with van der Waals surface area (Å²) in [7, 11) is 1.39. The van der Waals surface area contributed by atoms with Crippen molar-refractivity contribution in [3.8, 4) is 0 Å². The van der Waals surface area contributed by atoms with E-state index in [2.05, 4.69) is 20.9 Å². The van der Waals surface area contributed by atoms with Gasteiger partial charge in [-0.3, -0.25) is 9.59 Å². The molecule has 11 heteroatoms. The van der Waals surface area contributed by atoms with E-state index in [9.17, 15) is 27.2 Å². The number of hydrogen-bond donors (Lipinski definition) is 3. The summed E-state index contributed by atoms with van der Waals surface area (Å²) in [6.45, 7) is 1.78. The zero-order valence-corrected chi connectivity index (χ0v) is 18.0. The summed E-state index contributed by atoms with van der Waals surface area (Å²) in [5.74, 6) is -2.70. The predicted octanol–water partition coefficient (Wildman–Crippen LogP) is 5.56. The standard InChI is InChI=1S/C22H17ClF4N4O2/c1-11-4-3-5-16(18(11)23)30-19-17(8-13(10-29-19)20(32)28-2)31-21(33)12-6-14(22(25,26)27)9-15(24)7-12/h3-10H,1-2H3,(H,28,32)(H,29,30)(H,31,33). The van der Waals surface area contributed by atoms with Crippen molar-refractivity contribution in [2.24, 2.45) is 0 Å². The number of alkyl halides is 3. The van der Waals surface area contributed by atoms with Crippen LogP contribution in [0.5, 0.6) is 0 Å². The lowest BCUT2D eigenvalue weighted by atomic mass is 10.1. The molecule has 0 fully saturated rings. The zero-order valence-electron chi connectivity index (χ0n) is 17.3. The number of carbonyl (C=O) groups is 2. The molecule has 1 heterocycles. The Morgan fingerprint density at radius 2 is 1.73 bits per heavy atom. The number of hydrogen-bond acceptors (Lipinski definition) is 4. The van der Waals surface area contributed by atoms with Crippen LogP contribution in [0.25, 0.3) is 0 Å². The summed E-state index contributed by atoms with van der Waals surface area (Å²) < 4.78 is 52.8. The summed E-state index contributed by atoms with van der Waals surface area (Å²) in [4.78, 5) is 28.8. The first-order valence-corrected chi connectivity index (χ1v) is 9.81. The Bertz CT molecular complexity index is 1230. The second-order valence-corrected chi connectivity index (χ2v) is 7.32. The number of carbonyl (C=O) groups excluding carboxylic acids is 2. The Labute approximate surface area is 191 Å². The molecule has 0 saturated carbocycles. The highest BCUT2D eigenvalue weighted by Crippen LogP contribution is 2.32. The molecule has 3 aromatic rings. The number of benzene rings is 2. The van der Waals surface area contributed by atoms with Crippen LogP contribution in [0.15, 0.2) is 48.7 Å². The molecule has 172 valence electrons. The van der Waals surface area contributed by atoms with Gasteiger partial charge < -0.3 is 16.0 Å². The van der Waals surface area contributed by atoms with Crippen LogP contribution in [-0.2, 0) is 6.18 Å². The van der Waals surface area contributed by atoms with Crippen LogP contribution in [0, 0.1) is 12.7 Å². The maximum Gasteiger partial charge on any atom is 0.416 e. The number of aromatic nitrogens is 1. The van der Waals surface area contributed by atoms with Crippen molar-refractivity contribution >= 4 is 40.6 Å². The summed E-state index contributed by atoms with van der Waals surface area (Å²) in [5, 5.41) is 8.10. The maximum atomic E-state index is 13.7. The van der Waals surface area contributed by atoms with Gasteiger partial charge in [-0.1, -0.05) is 23.7 Å². The van der Waals surface area contributed by atoms with Crippen molar-refractivity contribution in [3.63, 3.8) is 0 Å². The largest absolute Gasteiger partial charge is 0.416 e. The third kappa shape index (κ3) is 5.58. The smallest absolute Gasteiger partial charge is 0.355 e. The number of anilines is 3. The third-order valence-corrected chi connectivity index (χ3v) is 5.06. The Balaban J connectivity index is 2.01. The summed E-state index contributed by atoms with van der Waals surface area (Å²) in [6, 6.07) is 7.92. The van der Waals surface area contributed by atoms with Crippen LogP contribution >= 0.6 is 11.6 Å². The van der Waals surface area contributed by atoms with Gasteiger partial charge >= 0.3 is 6.18 Å². The second kappa shape index (κ2) is 9.45. The van der Waals surface area contributed by atoms with E-state index in [1.165, 1.54) is 19.3 Å². The molecule has 0 unspecified atom stereocenters. The molecular formula is C22H17ClF4N4O2. The van der Waals surface area contributed by atoms with Gasteiger partial charge in [-0.25, -0.2) is 9.37 Å². The number of rotatable bonds is 5. The highest BCUT2D eigenvalue weighted by Gasteiger charge is 2.32. The van der Waals surface area contributed by atoms with Gasteiger partial charge in [0.1, 0.15) is 5.82 Å². The molecule has 0 radical (unpaired) electrons. The normalized spacial score (nSPS) is 11.1. The first-order chi connectivity index (χ1) is 15.5. The lowest BCUT2D eigenvalue weighted by Crippen LogP contribution is -2.20. The van der Waals surface area contributed by atoms with Gasteiger partial charge in [0, 0.05) is 18.8 Å². The highest BCUT2D eigenvalue weighted by molar-refractivity contribution is 6.34. The minimum absolute atomic E-state index is 0.0310. The van der Waals surface area contributed by atoms with Crippen molar-refractivity contribution in [1.82, 2.24) is 10.3 Å². The molecule has 0 saturated heterocycles. The van der Waals surface area contributed by atoms with Gasteiger partial charge in [0.2, 0.25) is 0 Å². The van der Waals surface area contributed by atoms with Crippen molar-refractivity contribution in [2.75, 3.05) is 17.7 Å². The van der Waals surface area contributed by atoms with Crippen molar-refractivity contribution < 1.29 is 27.2 Å². The molecule has 0 aliphatic heterocycles. The molecule has 33 heavy (non-hydrogen) atoms. The minimum Gasteiger partial charge on any atom is -0.355 e. The molecule has 0 spiro atoms. The Morgan fingerprint density at radius 3 is 2.39 bits per heavy atom. The average Bonchev–Trinajstić information content (AvgIpc) is 2.76. The van der Waals surface area contributed by atoms with E-state index >= 15 is 0 Å². The molecule has 2 aromatic carbocycles. The van der Waals surface area contributed by atoms with Gasteiger partial charge in [0.05, 0.1) is 27.5 Å². The van der Waals surface area contributed by atoms with E-state index in [4.69, 9.17) is 11.6 Å². The number of amides is 2. The fourth-order valence-corrected chi connectivity index (χ4v) is 3.05. The maximum absolute atomic E-state index is 13.7. The summed E-state index contributed by atoms with van der Waals surface area (Å²) >= 11 is 6.29. The summed E-state index contributed by atoms with van der Waals surface area (Å²) in [5.41, 5.74) is -0.631. The molecule has 0 aliphatic rings. The van der Waals surface area contributed by atoms with Gasteiger partial charge in [0.15, 0.2) is 5.82 Å². The van der Waals surface area contributed by atoms with E-state index < -0.39 is 34.9 Å². The quantitative estimate of drug-likeness (QED) is 0.418. The number of nitrogens with one attached hydrogen (secondary N) is 3. The fraction of sp³-hybridized carbons (Fsp3) is 0.136. The first-order valence-electron chi connectivity index (χ1n) is 9.43. The van der Waals surface area contributed by atoms with Crippen LogP contribution in [0.2, 0.25) is 5.02 Å². The Kier molecular flexibility index (Phi) is 6.87. The fourth-order valence-electron chi connectivity index (χ4n) is 2.88.